The molecule has 1 saturated heterocycles. The van der Waals surface area contributed by atoms with Gasteiger partial charge >= 0.3 is 0 Å². The average Bonchev–Trinajstić information content (AvgIpc) is 3.14. The molecule has 1 aliphatic rings. The molecule has 0 saturated carbocycles. The number of ether oxygens (including phenoxy) is 1. The van der Waals surface area contributed by atoms with Crippen LogP contribution in [0.5, 0.6) is 5.75 Å². The number of amides is 3. The van der Waals surface area contributed by atoms with Crippen LogP contribution in [-0.2, 0) is 16.1 Å². The standard InChI is InChI=1S/C22H23BrN4O4S/c1-2-31-18-9-8-16(23)11-17(18)21(30)24-22(32)26-25-20(29)15-10-19(28)27(13-15)12-14-6-4-3-5-7-14/h3-9,11,15H,2,10,12-13H2,1H3,(H,25,29)(H2,24,26,30,32). The molecule has 3 N–H and O–H groups in total. The first-order chi connectivity index (χ1) is 15.4. The number of hydrogen-bond acceptors (Lipinski definition) is 5. The molecule has 1 heterocycles. The molecule has 8 nitrogen and oxygen atoms in total. The Hall–Kier alpha value is -2.98. The van der Waals surface area contributed by atoms with Crippen molar-refractivity contribution >= 4 is 51.0 Å². The van der Waals surface area contributed by atoms with Crippen LogP contribution >= 0.6 is 28.1 Å². The van der Waals surface area contributed by atoms with Crippen LogP contribution in [-0.4, -0.2) is 40.9 Å². The fourth-order valence-corrected chi connectivity index (χ4v) is 3.79. The van der Waals surface area contributed by atoms with Gasteiger partial charge in [-0.15, -0.1) is 0 Å². The molecular weight excluding hydrogens is 496 g/mol. The maximum Gasteiger partial charge on any atom is 0.261 e. The van der Waals surface area contributed by atoms with Crippen LogP contribution in [0.1, 0.15) is 29.3 Å². The molecule has 1 atom stereocenters. The molecule has 3 rings (SSSR count). The van der Waals surface area contributed by atoms with E-state index >= 15 is 0 Å². The summed E-state index contributed by atoms with van der Waals surface area (Å²) in [4.78, 5) is 39.0. The minimum Gasteiger partial charge on any atom is -0.493 e. The number of hydrogen-bond donors (Lipinski definition) is 3. The van der Waals surface area contributed by atoms with Crippen molar-refractivity contribution < 1.29 is 19.1 Å². The van der Waals surface area contributed by atoms with Crippen molar-refractivity contribution in [3.8, 4) is 5.75 Å². The van der Waals surface area contributed by atoms with E-state index in [1.165, 1.54) is 0 Å². The number of hydrazine groups is 1. The highest BCUT2D eigenvalue weighted by molar-refractivity contribution is 9.10. The highest BCUT2D eigenvalue weighted by Crippen LogP contribution is 2.23. The molecule has 10 heteroatoms. The topological polar surface area (TPSA) is 99.8 Å². The first kappa shape index (κ1) is 23.7. The second-order valence-electron chi connectivity index (χ2n) is 7.13. The van der Waals surface area contributed by atoms with Gasteiger partial charge in [-0.05, 0) is 42.9 Å². The number of thiocarbonyl (C=S) groups is 1. The third kappa shape index (κ3) is 6.27. The Kier molecular flexibility index (Phi) is 8.18. The van der Waals surface area contributed by atoms with Crippen LogP contribution in [0.3, 0.4) is 0 Å². The Labute approximate surface area is 199 Å². The SMILES string of the molecule is CCOc1ccc(Br)cc1C(=O)NC(=S)NNC(=O)C1CC(=O)N(Cc2ccccc2)C1. The molecule has 168 valence electrons. The molecule has 1 aliphatic heterocycles. The lowest BCUT2D eigenvalue weighted by molar-refractivity contribution is -0.129. The summed E-state index contributed by atoms with van der Waals surface area (Å²) in [6.45, 7) is 3.00. The van der Waals surface area contributed by atoms with Gasteiger partial charge in [0.2, 0.25) is 11.8 Å². The predicted molar refractivity (Wildman–Crippen MR) is 127 cm³/mol. The molecule has 1 unspecified atom stereocenters. The molecule has 3 amide bonds. The van der Waals surface area contributed by atoms with E-state index in [-0.39, 0.29) is 23.3 Å². The Bertz CT molecular complexity index is 1020. The summed E-state index contributed by atoms with van der Waals surface area (Å²) in [7, 11) is 0. The zero-order valence-corrected chi connectivity index (χ0v) is 19.8. The first-order valence-electron chi connectivity index (χ1n) is 10.0. The van der Waals surface area contributed by atoms with Gasteiger partial charge in [-0.1, -0.05) is 46.3 Å². The van der Waals surface area contributed by atoms with E-state index in [1.807, 2.05) is 37.3 Å². The summed E-state index contributed by atoms with van der Waals surface area (Å²) in [5, 5.41) is 2.43. The average molecular weight is 519 g/mol. The van der Waals surface area contributed by atoms with E-state index in [2.05, 4.69) is 32.1 Å². The van der Waals surface area contributed by atoms with Gasteiger partial charge in [-0.25, -0.2) is 0 Å². The lowest BCUT2D eigenvalue weighted by atomic mass is 10.1. The van der Waals surface area contributed by atoms with E-state index in [4.69, 9.17) is 17.0 Å². The fraction of sp³-hybridized carbons (Fsp3) is 0.273. The van der Waals surface area contributed by atoms with Gasteiger partial charge in [0.15, 0.2) is 5.11 Å². The summed E-state index contributed by atoms with van der Waals surface area (Å²) in [6.07, 6.45) is 0.120. The number of likely N-dealkylation sites (tertiary alicyclic amines) is 1. The van der Waals surface area contributed by atoms with Crippen molar-refractivity contribution in [3.63, 3.8) is 0 Å². The van der Waals surface area contributed by atoms with Gasteiger partial charge in [0.05, 0.1) is 18.1 Å². The number of carbonyl (C=O) groups excluding carboxylic acids is 3. The highest BCUT2D eigenvalue weighted by Gasteiger charge is 2.34. The second kappa shape index (κ2) is 11.1. The molecule has 0 spiro atoms. The number of benzene rings is 2. The van der Waals surface area contributed by atoms with Crippen LogP contribution in [0.25, 0.3) is 0 Å². The summed E-state index contributed by atoms with van der Waals surface area (Å²) in [5.74, 6) is -1.02. The third-order valence-corrected chi connectivity index (χ3v) is 5.51. The van der Waals surface area contributed by atoms with Gasteiger partial charge in [0.25, 0.3) is 5.91 Å². The van der Waals surface area contributed by atoms with Gasteiger partial charge in [-0.2, -0.15) is 0 Å². The molecule has 32 heavy (non-hydrogen) atoms. The van der Waals surface area contributed by atoms with Crippen molar-refractivity contribution in [2.24, 2.45) is 5.92 Å². The lowest BCUT2D eigenvalue weighted by Crippen LogP contribution is -2.50. The van der Waals surface area contributed by atoms with Crippen molar-refractivity contribution in [2.45, 2.75) is 19.9 Å². The van der Waals surface area contributed by atoms with E-state index in [0.717, 1.165) is 5.56 Å². The van der Waals surface area contributed by atoms with E-state index in [9.17, 15) is 14.4 Å². The maximum absolute atomic E-state index is 12.6. The maximum atomic E-state index is 12.6. The molecule has 2 aromatic carbocycles. The van der Waals surface area contributed by atoms with E-state index in [0.29, 0.717) is 35.5 Å². The fourth-order valence-electron chi connectivity index (χ4n) is 3.29. The van der Waals surface area contributed by atoms with E-state index in [1.54, 1.807) is 23.1 Å². The van der Waals surface area contributed by atoms with Crippen molar-refractivity contribution in [3.05, 3.63) is 64.1 Å². The Morgan fingerprint density at radius 3 is 2.66 bits per heavy atom. The Morgan fingerprint density at radius 1 is 1.19 bits per heavy atom. The van der Waals surface area contributed by atoms with Crippen LogP contribution in [0.4, 0.5) is 0 Å². The van der Waals surface area contributed by atoms with Crippen LogP contribution in [0, 0.1) is 5.92 Å². The normalized spacial score (nSPS) is 15.2. The van der Waals surface area contributed by atoms with Crippen molar-refractivity contribution in [1.29, 1.82) is 0 Å². The summed E-state index contributed by atoms with van der Waals surface area (Å²) in [5.41, 5.74) is 6.30. The van der Waals surface area contributed by atoms with Crippen molar-refractivity contribution in [2.75, 3.05) is 13.2 Å². The highest BCUT2D eigenvalue weighted by atomic mass is 79.9. The zero-order chi connectivity index (χ0) is 23.1. The third-order valence-electron chi connectivity index (χ3n) is 4.81. The monoisotopic (exact) mass is 518 g/mol. The van der Waals surface area contributed by atoms with E-state index < -0.39 is 11.8 Å². The van der Waals surface area contributed by atoms with Crippen molar-refractivity contribution in [1.82, 2.24) is 21.1 Å². The Balaban J connectivity index is 1.50. The quantitative estimate of drug-likeness (QED) is 0.401. The number of nitrogens with zero attached hydrogens (tertiary/aromatic N) is 1. The molecule has 0 aromatic heterocycles. The number of carbonyl (C=O) groups is 3. The minimum atomic E-state index is -0.508. The summed E-state index contributed by atoms with van der Waals surface area (Å²) in [6, 6.07) is 14.7. The molecular formula is C22H23BrN4O4S. The smallest absolute Gasteiger partial charge is 0.261 e. The molecule has 2 aromatic rings. The molecule has 0 bridgehead atoms. The molecule has 0 aliphatic carbocycles. The minimum absolute atomic E-state index is 0.0729. The number of halogens is 1. The van der Waals surface area contributed by atoms with Gasteiger partial charge in [0, 0.05) is 24.0 Å². The summed E-state index contributed by atoms with van der Waals surface area (Å²) >= 11 is 8.44. The van der Waals surface area contributed by atoms with Gasteiger partial charge in [-0.3, -0.25) is 30.6 Å². The first-order valence-corrected chi connectivity index (χ1v) is 11.2. The lowest BCUT2D eigenvalue weighted by Gasteiger charge is -2.17. The zero-order valence-electron chi connectivity index (χ0n) is 17.4. The van der Waals surface area contributed by atoms with Crippen LogP contribution < -0.4 is 20.9 Å². The van der Waals surface area contributed by atoms with Gasteiger partial charge < -0.3 is 9.64 Å². The molecule has 0 radical (unpaired) electrons. The van der Waals surface area contributed by atoms with Crippen LogP contribution in [0.15, 0.2) is 53.0 Å². The number of rotatable bonds is 6. The molecule has 1 fully saturated rings. The predicted octanol–water partition coefficient (Wildman–Crippen LogP) is 2.53. The van der Waals surface area contributed by atoms with Gasteiger partial charge in [0.1, 0.15) is 5.75 Å². The largest absolute Gasteiger partial charge is 0.493 e. The summed E-state index contributed by atoms with van der Waals surface area (Å²) < 4.78 is 6.18. The van der Waals surface area contributed by atoms with Crippen LogP contribution in [0.2, 0.25) is 0 Å². The Morgan fingerprint density at radius 2 is 1.94 bits per heavy atom. The second-order valence-corrected chi connectivity index (χ2v) is 8.46. The number of nitrogens with one attached hydrogen (secondary N) is 3.